The molecule has 4 rings (SSSR count). The summed E-state index contributed by atoms with van der Waals surface area (Å²) in [5, 5.41) is 4.21. The number of hydrogen-bond acceptors (Lipinski definition) is 2. The third kappa shape index (κ3) is 2.31. The molecule has 0 bridgehead atoms. The number of rotatable bonds is 3. The Balaban J connectivity index is 1.54. The number of carbonyl (C=O) groups excluding carboxylic acids is 1. The van der Waals surface area contributed by atoms with Gasteiger partial charge >= 0.3 is 0 Å². The van der Waals surface area contributed by atoms with Crippen molar-refractivity contribution in [3.8, 4) is 5.82 Å². The van der Waals surface area contributed by atoms with E-state index in [4.69, 9.17) is 0 Å². The summed E-state index contributed by atoms with van der Waals surface area (Å²) in [5.41, 5.74) is 1.24. The van der Waals surface area contributed by atoms with Crippen LogP contribution in [0.4, 0.5) is 4.39 Å². The van der Waals surface area contributed by atoms with Gasteiger partial charge in [-0.3, -0.25) is 9.48 Å². The molecule has 0 aliphatic carbocycles. The molecule has 24 heavy (non-hydrogen) atoms. The van der Waals surface area contributed by atoms with Crippen LogP contribution in [0, 0.1) is 5.82 Å². The number of carbonyl (C=O) groups is 1. The highest BCUT2D eigenvalue weighted by Crippen LogP contribution is 2.30. The van der Waals surface area contributed by atoms with Gasteiger partial charge in [0.2, 0.25) is 0 Å². The Morgan fingerprint density at radius 1 is 1.17 bits per heavy atom. The molecule has 1 fully saturated rings. The van der Waals surface area contributed by atoms with Crippen molar-refractivity contribution in [2.24, 2.45) is 7.05 Å². The lowest BCUT2D eigenvalue weighted by atomic mass is 9.90. The summed E-state index contributed by atoms with van der Waals surface area (Å²) in [5.74, 6) is 0.518. The summed E-state index contributed by atoms with van der Waals surface area (Å²) in [6.45, 7) is 1.06. The van der Waals surface area contributed by atoms with E-state index in [1.165, 1.54) is 6.07 Å². The zero-order valence-corrected chi connectivity index (χ0v) is 13.3. The third-order valence-corrected chi connectivity index (χ3v) is 4.50. The van der Waals surface area contributed by atoms with Crippen molar-refractivity contribution in [2.75, 3.05) is 13.1 Å². The van der Waals surface area contributed by atoms with Crippen LogP contribution in [0.3, 0.4) is 0 Å². The minimum absolute atomic E-state index is 0.0573. The highest BCUT2D eigenvalue weighted by atomic mass is 19.1. The normalized spacial score (nSPS) is 14.7. The molecule has 0 saturated carbocycles. The van der Waals surface area contributed by atoms with Crippen molar-refractivity contribution in [3.05, 3.63) is 71.9 Å². The fourth-order valence-corrected chi connectivity index (χ4v) is 3.18. The zero-order chi connectivity index (χ0) is 16.7. The Kier molecular flexibility index (Phi) is 3.45. The molecule has 0 spiro atoms. The van der Waals surface area contributed by atoms with Gasteiger partial charge in [-0.25, -0.2) is 4.39 Å². The standard InChI is InChI=1S/C18H17FN4O/c1-21-17(22-8-4-5-9-22)15(10-20-21)18(24)23-11-13(12-23)14-6-2-3-7-16(14)19/h2-10,13H,11-12H2,1H3. The molecule has 5 nitrogen and oxygen atoms in total. The molecular formula is C18H17FN4O. The number of benzene rings is 1. The van der Waals surface area contributed by atoms with Gasteiger partial charge in [0.15, 0.2) is 0 Å². The first-order valence-electron chi connectivity index (χ1n) is 7.84. The van der Waals surface area contributed by atoms with Crippen LogP contribution in [0.5, 0.6) is 0 Å². The van der Waals surface area contributed by atoms with Gasteiger partial charge in [0, 0.05) is 38.4 Å². The third-order valence-electron chi connectivity index (χ3n) is 4.50. The highest BCUT2D eigenvalue weighted by Gasteiger charge is 2.35. The van der Waals surface area contributed by atoms with Crippen LogP contribution in [0.2, 0.25) is 0 Å². The Morgan fingerprint density at radius 2 is 1.88 bits per heavy atom. The average molecular weight is 324 g/mol. The van der Waals surface area contributed by atoms with E-state index in [0.717, 1.165) is 5.82 Å². The minimum Gasteiger partial charge on any atom is -0.337 e. The predicted molar refractivity (Wildman–Crippen MR) is 87.6 cm³/mol. The smallest absolute Gasteiger partial charge is 0.259 e. The van der Waals surface area contributed by atoms with Crippen LogP contribution in [-0.2, 0) is 7.05 Å². The highest BCUT2D eigenvalue weighted by molar-refractivity contribution is 5.97. The van der Waals surface area contributed by atoms with E-state index in [0.29, 0.717) is 24.2 Å². The van der Waals surface area contributed by atoms with Gasteiger partial charge in [0.25, 0.3) is 5.91 Å². The fraction of sp³-hybridized carbons (Fsp3) is 0.222. The van der Waals surface area contributed by atoms with Crippen LogP contribution < -0.4 is 0 Å². The number of aryl methyl sites for hydroxylation is 1. The molecule has 0 N–H and O–H groups in total. The lowest BCUT2D eigenvalue weighted by molar-refractivity contribution is 0.0599. The Morgan fingerprint density at radius 3 is 2.58 bits per heavy atom. The second kappa shape index (κ2) is 5.63. The van der Waals surface area contributed by atoms with Gasteiger partial charge in [-0.15, -0.1) is 0 Å². The molecule has 0 unspecified atom stereocenters. The van der Waals surface area contributed by atoms with Crippen LogP contribution in [-0.4, -0.2) is 38.2 Å². The molecule has 1 aliphatic heterocycles. The van der Waals surface area contributed by atoms with Crippen molar-refractivity contribution in [1.82, 2.24) is 19.2 Å². The molecule has 1 aliphatic rings. The Hall–Kier alpha value is -2.89. The summed E-state index contributed by atoms with van der Waals surface area (Å²) in [6.07, 6.45) is 5.35. The molecular weight excluding hydrogens is 307 g/mol. The molecule has 3 heterocycles. The molecule has 3 aromatic rings. The van der Waals surface area contributed by atoms with Crippen molar-refractivity contribution in [1.29, 1.82) is 0 Å². The largest absolute Gasteiger partial charge is 0.337 e. The number of halogens is 1. The van der Waals surface area contributed by atoms with E-state index >= 15 is 0 Å². The minimum atomic E-state index is -0.205. The molecule has 1 amide bonds. The molecule has 0 radical (unpaired) electrons. The van der Waals surface area contributed by atoms with E-state index in [1.54, 1.807) is 27.9 Å². The van der Waals surface area contributed by atoms with Crippen LogP contribution in [0.1, 0.15) is 21.8 Å². The van der Waals surface area contributed by atoms with Crippen molar-refractivity contribution >= 4 is 5.91 Å². The summed E-state index contributed by atoms with van der Waals surface area (Å²) in [6, 6.07) is 10.6. The maximum absolute atomic E-state index is 13.8. The Bertz CT molecular complexity index is 878. The zero-order valence-electron chi connectivity index (χ0n) is 13.3. The number of hydrogen-bond donors (Lipinski definition) is 0. The lowest BCUT2D eigenvalue weighted by Gasteiger charge is -2.39. The van der Waals surface area contributed by atoms with Gasteiger partial charge in [-0.2, -0.15) is 5.10 Å². The summed E-state index contributed by atoms with van der Waals surface area (Å²) < 4.78 is 17.4. The van der Waals surface area contributed by atoms with Gasteiger partial charge in [0.1, 0.15) is 17.2 Å². The summed E-state index contributed by atoms with van der Waals surface area (Å²) >= 11 is 0. The summed E-state index contributed by atoms with van der Waals surface area (Å²) in [4.78, 5) is 14.5. The molecule has 1 aromatic carbocycles. The number of amides is 1. The van der Waals surface area contributed by atoms with E-state index in [2.05, 4.69) is 5.10 Å². The maximum Gasteiger partial charge on any atom is 0.259 e. The quantitative estimate of drug-likeness (QED) is 0.743. The predicted octanol–water partition coefficient (Wildman–Crippen LogP) is 2.59. The second-order valence-electron chi connectivity index (χ2n) is 6.02. The fourth-order valence-electron chi connectivity index (χ4n) is 3.18. The molecule has 6 heteroatoms. The van der Waals surface area contributed by atoms with Crippen LogP contribution >= 0.6 is 0 Å². The second-order valence-corrected chi connectivity index (χ2v) is 6.02. The van der Waals surface area contributed by atoms with Gasteiger partial charge in [0.05, 0.1) is 6.20 Å². The first-order chi connectivity index (χ1) is 11.6. The molecule has 1 saturated heterocycles. The van der Waals surface area contributed by atoms with Gasteiger partial charge < -0.3 is 9.47 Å². The number of likely N-dealkylation sites (tertiary alicyclic amines) is 1. The number of nitrogens with zero attached hydrogens (tertiary/aromatic N) is 4. The van der Waals surface area contributed by atoms with Crippen molar-refractivity contribution in [2.45, 2.75) is 5.92 Å². The monoisotopic (exact) mass is 324 g/mol. The van der Waals surface area contributed by atoms with Gasteiger partial charge in [-0.05, 0) is 23.8 Å². The van der Waals surface area contributed by atoms with E-state index in [-0.39, 0.29) is 17.6 Å². The van der Waals surface area contributed by atoms with Crippen LogP contribution in [0.15, 0.2) is 55.0 Å². The average Bonchev–Trinajstić information content (AvgIpc) is 3.16. The maximum atomic E-state index is 13.8. The summed E-state index contributed by atoms with van der Waals surface area (Å²) in [7, 11) is 1.81. The number of aromatic nitrogens is 3. The van der Waals surface area contributed by atoms with E-state index in [9.17, 15) is 9.18 Å². The first kappa shape index (κ1) is 14.7. The van der Waals surface area contributed by atoms with Crippen molar-refractivity contribution < 1.29 is 9.18 Å². The molecule has 0 atom stereocenters. The molecule has 2 aromatic heterocycles. The Labute approximate surface area is 138 Å². The topological polar surface area (TPSA) is 43.1 Å². The SMILES string of the molecule is Cn1ncc(C(=O)N2CC(c3ccccc3F)C2)c1-n1cccc1. The van der Waals surface area contributed by atoms with Crippen LogP contribution in [0.25, 0.3) is 5.82 Å². The van der Waals surface area contributed by atoms with Gasteiger partial charge in [-0.1, -0.05) is 18.2 Å². The van der Waals surface area contributed by atoms with E-state index in [1.807, 2.05) is 42.2 Å². The first-order valence-corrected chi connectivity index (χ1v) is 7.84. The lowest BCUT2D eigenvalue weighted by Crippen LogP contribution is -2.48. The van der Waals surface area contributed by atoms with Crippen molar-refractivity contribution in [3.63, 3.8) is 0 Å². The molecule has 122 valence electrons. The van der Waals surface area contributed by atoms with E-state index < -0.39 is 0 Å².